The van der Waals surface area contributed by atoms with Gasteiger partial charge in [0, 0.05) is 9.86 Å². The highest BCUT2D eigenvalue weighted by atomic mass is 127. The molecule has 0 amide bonds. The Morgan fingerprint density at radius 1 is 1.20 bits per heavy atom. The van der Waals surface area contributed by atoms with Crippen molar-refractivity contribution in [1.82, 2.24) is 9.66 Å². The number of furan rings is 1. The lowest BCUT2D eigenvalue weighted by Crippen LogP contribution is -2.25. The summed E-state index contributed by atoms with van der Waals surface area (Å²) in [6.07, 6.45) is 0.713. The van der Waals surface area contributed by atoms with Crippen molar-refractivity contribution in [2.45, 2.75) is 20.0 Å². The van der Waals surface area contributed by atoms with Crippen molar-refractivity contribution >= 4 is 72.6 Å². The number of esters is 1. The molecule has 0 radical (unpaired) electrons. The number of halogens is 2. The highest BCUT2D eigenvalue weighted by molar-refractivity contribution is 14.1. The van der Waals surface area contributed by atoms with Crippen LogP contribution < -0.4 is 15.0 Å². The average Bonchev–Trinajstić information content (AvgIpc) is 3.37. The summed E-state index contributed by atoms with van der Waals surface area (Å²) >= 11 is 5.58. The van der Waals surface area contributed by atoms with Crippen LogP contribution in [0.5, 0.6) is 11.5 Å². The Morgan fingerprint density at radius 3 is 2.77 bits per heavy atom. The summed E-state index contributed by atoms with van der Waals surface area (Å²) in [6, 6.07) is 18.1. The molecule has 9 nitrogen and oxygen atoms in total. The van der Waals surface area contributed by atoms with Gasteiger partial charge in [0.25, 0.3) is 5.56 Å². The van der Waals surface area contributed by atoms with Crippen LogP contribution in [0, 0.1) is 3.57 Å². The highest BCUT2D eigenvalue weighted by Crippen LogP contribution is 2.35. The average molecular weight is 716 g/mol. The normalized spacial score (nSPS) is 12.2. The molecule has 0 aliphatic rings. The molecule has 1 atom stereocenters. The van der Waals surface area contributed by atoms with E-state index in [1.54, 1.807) is 37.4 Å². The number of nitrogens with zero attached hydrogens (tertiary/aromatic N) is 3. The molecule has 0 saturated heterocycles. The summed E-state index contributed by atoms with van der Waals surface area (Å²) in [6.45, 7) is 3.82. The maximum atomic E-state index is 13.6. The molecule has 0 aliphatic heterocycles. The zero-order chi connectivity index (χ0) is 28.4. The van der Waals surface area contributed by atoms with E-state index in [0.29, 0.717) is 49.5 Å². The van der Waals surface area contributed by atoms with Crippen molar-refractivity contribution in [3.05, 3.63) is 84.6 Å². The Balaban J connectivity index is 1.61. The van der Waals surface area contributed by atoms with Gasteiger partial charge in [0.15, 0.2) is 23.4 Å². The second-order valence-electron chi connectivity index (χ2n) is 8.65. The maximum Gasteiger partial charge on any atom is 0.346 e. The number of carbonyl (C=O) groups excluding carboxylic acids is 1. The number of methoxy groups -OCH3 is 1. The number of rotatable bonds is 8. The molecule has 5 aromatic rings. The van der Waals surface area contributed by atoms with E-state index in [4.69, 9.17) is 23.6 Å². The van der Waals surface area contributed by atoms with Crippen molar-refractivity contribution in [1.29, 1.82) is 0 Å². The van der Waals surface area contributed by atoms with Gasteiger partial charge in [-0.05, 0) is 90.5 Å². The number of fused-ring (bicyclic) bond motifs is 2. The summed E-state index contributed by atoms with van der Waals surface area (Å²) in [7, 11) is 1.30. The first-order chi connectivity index (χ1) is 19.3. The molecule has 0 spiro atoms. The van der Waals surface area contributed by atoms with Gasteiger partial charge in [0.2, 0.25) is 5.82 Å². The van der Waals surface area contributed by atoms with Gasteiger partial charge in [-0.3, -0.25) is 4.79 Å². The van der Waals surface area contributed by atoms with Crippen molar-refractivity contribution in [3.8, 4) is 23.1 Å². The number of ether oxygens (including phenoxy) is 3. The van der Waals surface area contributed by atoms with Crippen LogP contribution in [-0.4, -0.2) is 41.7 Å². The summed E-state index contributed by atoms with van der Waals surface area (Å²) in [4.78, 5) is 30.2. The molecule has 11 heteroatoms. The van der Waals surface area contributed by atoms with E-state index in [0.717, 1.165) is 9.86 Å². The predicted molar refractivity (Wildman–Crippen MR) is 164 cm³/mol. The summed E-state index contributed by atoms with van der Waals surface area (Å²) < 4.78 is 25.3. The molecule has 0 aliphatic carbocycles. The molecule has 0 bridgehead atoms. The monoisotopic (exact) mass is 715 g/mol. The molecule has 0 N–H and O–H groups in total. The van der Waals surface area contributed by atoms with Crippen LogP contribution in [0.2, 0.25) is 0 Å². The number of benzene rings is 3. The van der Waals surface area contributed by atoms with Crippen LogP contribution in [-0.2, 0) is 9.53 Å². The van der Waals surface area contributed by atoms with Crippen molar-refractivity contribution in [2.75, 3.05) is 13.7 Å². The fourth-order valence-electron chi connectivity index (χ4n) is 4.07. The van der Waals surface area contributed by atoms with Crippen LogP contribution in [0.15, 0.2) is 79.4 Å². The molecule has 3 aromatic carbocycles. The first kappa shape index (κ1) is 27.8. The summed E-state index contributed by atoms with van der Waals surface area (Å²) in [5, 5.41) is 5.82. The lowest BCUT2D eigenvalue weighted by atomic mass is 10.2. The lowest BCUT2D eigenvalue weighted by molar-refractivity contribution is -0.148. The first-order valence-electron chi connectivity index (χ1n) is 12.3. The van der Waals surface area contributed by atoms with Crippen LogP contribution in [0.3, 0.4) is 0 Å². The van der Waals surface area contributed by atoms with Gasteiger partial charge < -0.3 is 18.6 Å². The third-order valence-electron chi connectivity index (χ3n) is 5.93. The molecule has 0 unspecified atom stereocenters. The number of carbonyl (C=O) groups is 1. The molecule has 40 heavy (non-hydrogen) atoms. The van der Waals surface area contributed by atoms with Crippen molar-refractivity contribution in [2.24, 2.45) is 5.10 Å². The van der Waals surface area contributed by atoms with Gasteiger partial charge in [0.05, 0.1) is 34.4 Å². The minimum atomic E-state index is -0.827. The Hall–Kier alpha value is -3.71. The first-order valence-corrected chi connectivity index (χ1v) is 14.1. The van der Waals surface area contributed by atoms with Gasteiger partial charge >= 0.3 is 5.97 Å². The largest absolute Gasteiger partial charge is 0.490 e. The summed E-state index contributed by atoms with van der Waals surface area (Å²) in [5.41, 5.74) is 1.49. The fraction of sp³-hybridized carbons (Fsp3) is 0.172. The predicted octanol–water partition coefficient (Wildman–Crippen LogP) is 6.40. The molecule has 0 saturated carbocycles. The number of para-hydroxylation sites is 1. The molecule has 0 fully saturated rings. The third kappa shape index (κ3) is 5.61. The quantitative estimate of drug-likeness (QED) is 0.104. The van der Waals surface area contributed by atoms with Crippen molar-refractivity contribution in [3.63, 3.8) is 0 Å². The molecule has 2 heterocycles. The van der Waals surface area contributed by atoms with Gasteiger partial charge in [-0.25, -0.2) is 9.78 Å². The van der Waals surface area contributed by atoms with E-state index in [2.05, 4.69) is 43.6 Å². The van der Waals surface area contributed by atoms with Gasteiger partial charge in [-0.15, -0.1) is 0 Å². The molecular weight excluding hydrogens is 693 g/mol. The Labute approximate surface area is 251 Å². The van der Waals surface area contributed by atoms with Crippen LogP contribution in [0.25, 0.3) is 33.5 Å². The van der Waals surface area contributed by atoms with Crippen LogP contribution in [0.1, 0.15) is 19.4 Å². The van der Waals surface area contributed by atoms with E-state index in [1.165, 1.54) is 11.8 Å². The smallest absolute Gasteiger partial charge is 0.346 e. The Bertz CT molecular complexity index is 1830. The molecule has 5 rings (SSSR count). The molecule has 204 valence electrons. The minimum Gasteiger partial charge on any atom is -0.490 e. The fourth-order valence-corrected chi connectivity index (χ4v) is 5.20. The number of hydrogen-bond donors (Lipinski definition) is 0. The zero-order valence-corrected chi connectivity index (χ0v) is 25.4. The van der Waals surface area contributed by atoms with E-state index >= 15 is 0 Å². The topological polar surface area (TPSA) is 105 Å². The van der Waals surface area contributed by atoms with E-state index < -0.39 is 12.1 Å². The van der Waals surface area contributed by atoms with Gasteiger partial charge in [-0.1, -0.05) is 28.1 Å². The SMILES string of the molecule is CCOc1cc(C=Nn2c(-c3cc4cc(Br)ccc4o3)nc3ccccc3c2=O)cc(I)c1O[C@@H](C)C(=O)OC. The van der Waals surface area contributed by atoms with E-state index in [-0.39, 0.29) is 11.4 Å². The molecular formula is C29H23BrIN3O6. The Morgan fingerprint density at radius 2 is 2.00 bits per heavy atom. The Kier molecular flexibility index (Phi) is 8.22. The second-order valence-corrected chi connectivity index (χ2v) is 10.7. The molecule has 2 aromatic heterocycles. The zero-order valence-electron chi connectivity index (χ0n) is 21.7. The highest BCUT2D eigenvalue weighted by Gasteiger charge is 2.21. The van der Waals surface area contributed by atoms with Gasteiger partial charge in [-0.2, -0.15) is 9.78 Å². The standard InChI is InChI=1S/C29H23BrIN3O6/c1-4-38-24-12-17(11-21(31)26(24)39-16(2)29(36)37-3)15-32-34-27(33-22-8-6-5-7-20(22)28(34)35)25-14-18-13-19(30)9-10-23(18)40-25/h5-16H,4H2,1-3H3/t16-/m0/s1. The van der Waals surface area contributed by atoms with Crippen LogP contribution in [0.4, 0.5) is 0 Å². The van der Waals surface area contributed by atoms with Crippen LogP contribution >= 0.6 is 38.5 Å². The number of aromatic nitrogens is 2. The third-order valence-corrected chi connectivity index (χ3v) is 7.23. The van der Waals surface area contributed by atoms with E-state index in [1.807, 2.05) is 43.3 Å². The van der Waals surface area contributed by atoms with E-state index in [9.17, 15) is 9.59 Å². The van der Waals surface area contributed by atoms with Gasteiger partial charge in [0.1, 0.15) is 5.58 Å². The van der Waals surface area contributed by atoms with Crippen molar-refractivity contribution < 1.29 is 23.4 Å². The minimum absolute atomic E-state index is 0.263. The number of hydrogen-bond acceptors (Lipinski definition) is 8. The second kappa shape index (κ2) is 11.8. The summed E-state index contributed by atoms with van der Waals surface area (Å²) in [5.74, 6) is 1.00. The maximum absolute atomic E-state index is 13.6. The lowest BCUT2D eigenvalue weighted by Gasteiger charge is -2.17.